The molecule has 0 aromatic heterocycles. The number of carbonyl (C=O) groups excluding carboxylic acids is 1. The van der Waals surface area contributed by atoms with Crippen molar-refractivity contribution in [1.29, 1.82) is 0 Å². The minimum Gasteiger partial charge on any atom is -0.507 e. The number of aromatic hydroxyl groups is 1. The van der Waals surface area contributed by atoms with Gasteiger partial charge in [0.25, 0.3) is 0 Å². The van der Waals surface area contributed by atoms with Gasteiger partial charge in [-0.05, 0) is 41.8 Å². The van der Waals surface area contributed by atoms with Crippen LogP contribution in [0.15, 0.2) is 67.3 Å². The third-order valence-corrected chi connectivity index (χ3v) is 3.72. The predicted molar refractivity (Wildman–Crippen MR) is 98.1 cm³/mol. The Labute approximate surface area is 145 Å². The van der Waals surface area contributed by atoms with Crippen LogP contribution in [0.4, 0.5) is 0 Å². The number of phenols is 1. The SMILES string of the molecule is C=CCc1cccc(/C(O)=C/C(=O)/C=C/c2ccccc2Cl)c1O. The topological polar surface area (TPSA) is 57.5 Å². The maximum atomic E-state index is 12.0. The summed E-state index contributed by atoms with van der Waals surface area (Å²) in [5.41, 5.74) is 1.53. The molecule has 0 bridgehead atoms. The summed E-state index contributed by atoms with van der Waals surface area (Å²) in [6.07, 6.45) is 6.05. The molecule has 2 aromatic carbocycles. The molecular formula is C20H17ClO3. The van der Waals surface area contributed by atoms with E-state index >= 15 is 0 Å². The fourth-order valence-corrected chi connectivity index (χ4v) is 2.36. The largest absolute Gasteiger partial charge is 0.507 e. The second-order valence-corrected chi connectivity index (χ2v) is 5.50. The molecule has 2 aromatic rings. The quantitative estimate of drug-likeness (QED) is 0.444. The molecular weight excluding hydrogens is 324 g/mol. The lowest BCUT2D eigenvalue weighted by Crippen LogP contribution is -1.93. The normalized spacial score (nSPS) is 11.6. The maximum absolute atomic E-state index is 12.0. The van der Waals surface area contributed by atoms with Gasteiger partial charge in [0.05, 0.1) is 5.56 Å². The first-order valence-electron chi connectivity index (χ1n) is 7.32. The van der Waals surface area contributed by atoms with Gasteiger partial charge in [-0.25, -0.2) is 0 Å². The zero-order chi connectivity index (χ0) is 17.5. The molecule has 122 valence electrons. The molecule has 2 rings (SSSR count). The maximum Gasteiger partial charge on any atom is 0.182 e. The summed E-state index contributed by atoms with van der Waals surface area (Å²) < 4.78 is 0. The molecule has 3 nitrogen and oxygen atoms in total. The average molecular weight is 341 g/mol. The zero-order valence-corrected chi connectivity index (χ0v) is 13.7. The summed E-state index contributed by atoms with van der Waals surface area (Å²) in [6, 6.07) is 12.1. The molecule has 0 saturated carbocycles. The molecule has 0 aliphatic carbocycles. The van der Waals surface area contributed by atoms with E-state index in [9.17, 15) is 15.0 Å². The summed E-state index contributed by atoms with van der Waals surface area (Å²) >= 11 is 6.01. The highest BCUT2D eigenvalue weighted by Crippen LogP contribution is 2.28. The zero-order valence-electron chi connectivity index (χ0n) is 12.9. The molecule has 0 atom stereocenters. The molecule has 0 spiro atoms. The van der Waals surface area contributed by atoms with Gasteiger partial charge in [-0.1, -0.05) is 48.0 Å². The Morgan fingerprint density at radius 2 is 1.92 bits per heavy atom. The molecule has 0 radical (unpaired) electrons. The number of carbonyl (C=O) groups is 1. The number of hydrogen-bond donors (Lipinski definition) is 2. The van der Waals surface area contributed by atoms with Crippen LogP contribution in [0.5, 0.6) is 5.75 Å². The molecule has 0 amide bonds. The Hall–Kier alpha value is -2.78. The van der Waals surface area contributed by atoms with E-state index in [-0.39, 0.29) is 17.1 Å². The van der Waals surface area contributed by atoms with Crippen molar-refractivity contribution in [3.05, 3.63) is 89.0 Å². The van der Waals surface area contributed by atoms with Crippen LogP contribution in [0.2, 0.25) is 5.02 Å². The van der Waals surface area contributed by atoms with Crippen LogP contribution in [-0.4, -0.2) is 16.0 Å². The molecule has 0 aliphatic heterocycles. The van der Waals surface area contributed by atoms with Gasteiger partial charge in [-0.15, -0.1) is 6.58 Å². The van der Waals surface area contributed by atoms with Gasteiger partial charge in [0.1, 0.15) is 11.5 Å². The van der Waals surface area contributed by atoms with Crippen LogP contribution < -0.4 is 0 Å². The van der Waals surface area contributed by atoms with Gasteiger partial charge in [-0.3, -0.25) is 4.79 Å². The van der Waals surface area contributed by atoms with Crippen molar-refractivity contribution in [1.82, 2.24) is 0 Å². The predicted octanol–water partition coefficient (Wildman–Crippen LogP) is 4.96. The fraction of sp³-hybridized carbons (Fsp3) is 0.0500. The van der Waals surface area contributed by atoms with Crippen molar-refractivity contribution in [2.45, 2.75) is 6.42 Å². The molecule has 2 N–H and O–H groups in total. The number of aliphatic hydroxyl groups excluding tert-OH is 1. The average Bonchev–Trinajstić information content (AvgIpc) is 2.56. The molecule has 0 fully saturated rings. The van der Waals surface area contributed by atoms with E-state index in [1.807, 2.05) is 6.07 Å². The van der Waals surface area contributed by atoms with E-state index in [1.54, 1.807) is 48.6 Å². The van der Waals surface area contributed by atoms with Crippen LogP contribution >= 0.6 is 11.6 Å². The summed E-state index contributed by atoms with van der Waals surface area (Å²) in [5, 5.41) is 20.8. The summed E-state index contributed by atoms with van der Waals surface area (Å²) in [5.74, 6) is -0.776. The third kappa shape index (κ3) is 4.37. The van der Waals surface area contributed by atoms with Gasteiger partial charge >= 0.3 is 0 Å². The van der Waals surface area contributed by atoms with Crippen LogP contribution in [0.1, 0.15) is 16.7 Å². The Kier molecular flexibility index (Phi) is 5.99. The van der Waals surface area contributed by atoms with Gasteiger partial charge in [-0.2, -0.15) is 0 Å². The molecule has 0 saturated heterocycles. The molecule has 0 heterocycles. The Balaban J connectivity index is 2.22. The Morgan fingerprint density at radius 3 is 2.62 bits per heavy atom. The first-order chi connectivity index (χ1) is 11.5. The number of phenolic OH excluding ortho intramolecular Hbond substituents is 1. The number of para-hydroxylation sites is 1. The van der Waals surface area contributed by atoms with Crippen molar-refractivity contribution >= 4 is 29.2 Å². The summed E-state index contributed by atoms with van der Waals surface area (Å²) in [7, 11) is 0. The van der Waals surface area contributed by atoms with E-state index < -0.39 is 5.78 Å². The highest BCUT2D eigenvalue weighted by molar-refractivity contribution is 6.32. The first kappa shape index (κ1) is 17.6. The third-order valence-electron chi connectivity index (χ3n) is 3.37. The molecule has 0 aliphatic rings. The number of hydrogen-bond acceptors (Lipinski definition) is 3. The molecule has 4 heteroatoms. The van der Waals surface area contributed by atoms with Gasteiger partial charge in [0, 0.05) is 11.1 Å². The van der Waals surface area contributed by atoms with Crippen molar-refractivity contribution in [2.24, 2.45) is 0 Å². The van der Waals surface area contributed by atoms with E-state index in [2.05, 4.69) is 6.58 Å². The number of halogens is 1. The highest BCUT2D eigenvalue weighted by atomic mass is 35.5. The number of allylic oxidation sites excluding steroid dienone is 3. The lowest BCUT2D eigenvalue weighted by Gasteiger charge is -2.07. The smallest absolute Gasteiger partial charge is 0.182 e. The van der Waals surface area contributed by atoms with Crippen molar-refractivity contribution in [3.63, 3.8) is 0 Å². The van der Waals surface area contributed by atoms with Crippen molar-refractivity contribution in [2.75, 3.05) is 0 Å². The van der Waals surface area contributed by atoms with Crippen LogP contribution in [0.3, 0.4) is 0 Å². The molecule has 24 heavy (non-hydrogen) atoms. The van der Waals surface area contributed by atoms with Crippen molar-refractivity contribution < 1.29 is 15.0 Å². The minimum atomic E-state index is -0.416. The second-order valence-electron chi connectivity index (χ2n) is 5.09. The van der Waals surface area contributed by atoms with Crippen LogP contribution in [0, 0.1) is 0 Å². The summed E-state index contributed by atoms with van der Waals surface area (Å²) in [4.78, 5) is 12.0. The number of benzene rings is 2. The van der Waals surface area contributed by atoms with Gasteiger partial charge in [0.15, 0.2) is 5.78 Å². The summed E-state index contributed by atoms with van der Waals surface area (Å²) in [6.45, 7) is 3.62. The van der Waals surface area contributed by atoms with Crippen molar-refractivity contribution in [3.8, 4) is 5.75 Å². The first-order valence-corrected chi connectivity index (χ1v) is 7.70. The second kappa shape index (κ2) is 8.18. The van der Waals surface area contributed by atoms with E-state index in [4.69, 9.17) is 11.6 Å². The molecule has 0 unspecified atom stereocenters. The lowest BCUT2D eigenvalue weighted by molar-refractivity contribution is -0.110. The highest BCUT2D eigenvalue weighted by Gasteiger charge is 2.10. The lowest BCUT2D eigenvalue weighted by atomic mass is 10.0. The van der Waals surface area contributed by atoms with E-state index in [0.717, 1.165) is 6.08 Å². The fourth-order valence-electron chi connectivity index (χ4n) is 2.16. The Morgan fingerprint density at radius 1 is 1.17 bits per heavy atom. The Bertz CT molecular complexity index is 819. The number of rotatable bonds is 6. The minimum absolute atomic E-state index is 0.0611. The van der Waals surface area contributed by atoms with E-state index in [1.165, 1.54) is 6.08 Å². The van der Waals surface area contributed by atoms with Gasteiger partial charge < -0.3 is 10.2 Å². The van der Waals surface area contributed by atoms with Gasteiger partial charge in [0.2, 0.25) is 0 Å². The number of ketones is 1. The monoisotopic (exact) mass is 340 g/mol. The number of aliphatic hydroxyl groups is 1. The van der Waals surface area contributed by atoms with Crippen LogP contribution in [-0.2, 0) is 11.2 Å². The standard InChI is InChI=1S/C20H17ClO3/c1-2-6-15-8-5-9-17(20(15)24)19(23)13-16(22)12-11-14-7-3-4-10-18(14)21/h2-5,7-13,23-24H,1,6H2/b12-11+,19-13-. The van der Waals surface area contributed by atoms with Crippen LogP contribution in [0.25, 0.3) is 11.8 Å². The van der Waals surface area contributed by atoms with E-state index in [0.29, 0.717) is 22.6 Å².